The van der Waals surface area contributed by atoms with Crippen molar-refractivity contribution >= 4 is 35.2 Å². The van der Waals surface area contributed by atoms with Crippen molar-refractivity contribution in [3.05, 3.63) is 59.9 Å². The van der Waals surface area contributed by atoms with E-state index in [-0.39, 0.29) is 22.9 Å². The lowest BCUT2D eigenvalue weighted by molar-refractivity contribution is -0.126. The zero-order valence-electron chi connectivity index (χ0n) is 15.8. The number of hydrogen-bond acceptors (Lipinski definition) is 5. The SMILES string of the molecule is C[C@H](OC(=O)c1ccccc1SCC(=O)N(C)C)C(=O)Nc1cccc(F)c1. The Balaban J connectivity index is 2.01. The minimum absolute atomic E-state index is 0.0870. The molecule has 0 aromatic heterocycles. The molecule has 0 saturated carbocycles. The number of amides is 2. The van der Waals surface area contributed by atoms with Gasteiger partial charge in [-0.05, 0) is 37.3 Å². The summed E-state index contributed by atoms with van der Waals surface area (Å²) in [6, 6.07) is 12.1. The van der Waals surface area contributed by atoms with Crippen molar-refractivity contribution in [3.63, 3.8) is 0 Å². The molecule has 0 spiro atoms. The van der Waals surface area contributed by atoms with Crippen LogP contribution < -0.4 is 5.32 Å². The maximum atomic E-state index is 13.2. The molecular weight excluding hydrogens is 383 g/mol. The summed E-state index contributed by atoms with van der Waals surface area (Å²) in [5.41, 5.74) is 0.538. The average molecular weight is 404 g/mol. The van der Waals surface area contributed by atoms with Gasteiger partial charge in [-0.3, -0.25) is 9.59 Å². The average Bonchev–Trinajstić information content (AvgIpc) is 2.66. The molecule has 0 aliphatic rings. The first-order valence-corrected chi connectivity index (χ1v) is 9.46. The molecule has 1 atom stereocenters. The van der Waals surface area contributed by atoms with E-state index < -0.39 is 23.8 Å². The van der Waals surface area contributed by atoms with Gasteiger partial charge in [-0.1, -0.05) is 18.2 Å². The van der Waals surface area contributed by atoms with Crippen LogP contribution in [0.15, 0.2) is 53.4 Å². The number of nitrogens with one attached hydrogen (secondary N) is 1. The first-order chi connectivity index (χ1) is 13.3. The van der Waals surface area contributed by atoms with Crippen molar-refractivity contribution in [1.82, 2.24) is 4.90 Å². The van der Waals surface area contributed by atoms with E-state index in [9.17, 15) is 18.8 Å². The third-order valence-corrected chi connectivity index (χ3v) is 4.76. The summed E-state index contributed by atoms with van der Waals surface area (Å²) >= 11 is 1.22. The van der Waals surface area contributed by atoms with Gasteiger partial charge >= 0.3 is 5.97 Å². The van der Waals surface area contributed by atoms with Gasteiger partial charge in [0.1, 0.15) is 5.82 Å². The predicted molar refractivity (Wildman–Crippen MR) is 106 cm³/mol. The van der Waals surface area contributed by atoms with Crippen molar-refractivity contribution in [2.45, 2.75) is 17.9 Å². The number of esters is 1. The number of thioether (sulfide) groups is 1. The highest BCUT2D eigenvalue weighted by molar-refractivity contribution is 8.00. The molecule has 28 heavy (non-hydrogen) atoms. The number of carbonyl (C=O) groups excluding carboxylic acids is 3. The fourth-order valence-electron chi connectivity index (χ4n) is 2.12. The first kappa shape index (κ1) is 21.4. The number of nitrogens with zero attached hydrogens (tertiary/aromatic N) is 1. The molecular formula is C20H21FN2O4S. The molecule has 0 radical (unpaired) electrons. The van der Waals surface area contributed by atoms with E-state index in [2.05, 4.69) is 5.32 Å². The quantitative estimate of drug-likeness (QED) is 0.567. The van der Waals surface area contributed by atoms with Gasteiger partial charge < -0.3 is 15.0 Å². The lowest BCUT2D eigenvalue weighted by atomic mass is 10.2. The van der Waals surface area contributed by atoms with E-state index in [4.69, 9.17) is 4.74 Å². The van der Waals surface area contributed by atoms with Crippen LogP contribution in [0.25, 0.3) is 0 Å². The Morgan fingerprint density at radius 2 is 1.86 bits per heavy atom. The van der Waals surface area contributed by atoms with Gasteiger partial charge in [0, 0.05) is 24.7 Å². The highest BCUT2D eigenvalue weighted by Gasteiger charge is 2.21. The third-order valence-electron chi connectivity index (χ3n) is 3.70. The van der Waals surface area contributed by atoms with Crippen LogP contribution in [0, 0.1) is 5.82 Å². The fraction of sp³-hybridized carbons (Fsp3) is 0.250. The van der Waals surface area contributed by atoms with Gasteiger partial charge in [0.15, 0.2) is 6.10 Å². The van der Waals surface area contributed by atoms with Crippen LogP contribution in [0.5, 0.6) is 0 Å². The van der Waals surface area contributed by atoms with Crippen LogP contribution in [-0.2, 0) is 14.3 Å². The van der Waals surface area contributed by atoms with Crippen LogP contribution in [-0.4, -0.2) is 48.6 Å². The Morgan fingerprint density at radius 1 is 1.14 bits per heavy atom. The minimum atomic E-state index is -1.09. The second-order valence-electron chi connectivity index (χ2n) is 6.12. The molecule has 6 nitrogen and oxygen atoms in total. The predicted octanol–water partition coefficient (Wildman–Crippen LogP) is 3.19. The van der Waals surface area contributed by atoms with Crippen molar-refractivity contribution < 1.29 is 23.5 Å². The van der Waals surface area contributed by atoms with E-state index in [1.165, 1.54) is 47.9 Å². The molecule has 2 rings (SSSR count). The fourth-order valence-corrected chi connectivity index (χ4v) is 3.14. The largest absolute Gasteiger partial charge is 0.449 e. The van der Waals surface area contributed by atoms with E-state index in [0.29, 0.717) is 4.90 Å². The lowest BCUT2D eigenvalue weighted by Gasteiger charge is -2.15. The van der Waals surface area contributed by atoms with Gasteiger partial charge in [0.05, 0.1) is 11.3 Å². The monoisotopic (exact) mass is 404 g/mol. The molecule has 0 aliphatic carbocycles. The second kappa shape index (κ2) is 9.89. The molecule has 0 saturated heterocycles. The van der Waals surface area contributed by atoms with E-state index in [1.54, 1.807) is 38.4 Å². The zero-order chi connectivity index (χ0) is 20.7. The normalized spacial score (nSPS) is 11.4. The summed E-state index contributed by atoms with van der Waals surface area (Å²) < 4.78 is 18.5. The molecule has 2 amide bonds. The standard InChI is InChI=1S/C20H21FN2O4S/c1-13(19(25)22-15-8-6-7-14(21)11-15)27-20(26)16-9-4-5-10-17(16)28-12-18(24)23(2)3/h4-11,13H,12H2,1-3H3,(H,22,25)/t13-/m0/s1. The van der Waals surface area contributed by atoms with Crippen molar-refractivity contribution in [2.75, 3.05) is 25.2 Å². The molecule has 0 aliphatic heterocycles. The molecule has 2 aromatic rings. The molecule has 2 aromatic carbocycles. The Morgan fingerprint density at radius 3 is 2.54 bits per heavy atom. The van der Waals surface area contributed by atoms with E-state index in [1.807, 2.05) is 0 Å². The van der Waals surface area contributed by atoms with Crippen molar-refractivity contribution in [2.24, 2.45) is 0 Å². The molecule has 1 N–H and O–H groups in total. The van der Waals surface area contributed by atoms with Gasteiger partial charge in [-0.25, -0.2) is 9.18 Å². The highest BCUT2D eigenvalue weighted by Crippen LogP contribution is 2.24. The molecule has 0 unspecified atom stereocenters. The number of benzene rings is 2. The van der Waals surface area contributed by atoms with Crippen LogP contribution in [0.4, 0.5) is 10.1 Å². The zero-order valence-corrected chi connectivity index (χ0v) is 16.6. The molecule has 0 bridgehead atoms. The van der Waals surface area contributed by atoms with Crippen LogP contribution in [0.3, 0.4) is 0 Å². The van der Waals surface area contributed by atoms with E-state index >= 15 is 0 Å². The molecule has 148 valence electrons. The molecule has 8 heteroatoms. The van der Waals surface area contributed by atoms with Crippen molar-refractivity contribution in [1.29, 1.82) is 0 Å². The van der Waals surface area contributed by atoms with E-state index in [0.717, 1.165) is 0 Å². The third kappa shape index (κ3) is 6.09. The number of halogens is 1. The second-order valence-corrected chi connectivity index (χ2v) is 7.14. The Labute approximate surface area is 167 Å². The summed E-state index contributed by atoms with van der Waals surface area (Å²) in [6.45, 7) is 1.43. The Kier molecular flexibility index (Phi) is 7.57. The molecule has 0 heterocycles. The number of carbonyl (C=O) groups is 3. The minimum Gasteiger partial charge on any atom is -0.449 e. The smallest absolute Gasteiger partial charge is 0.340 e. The molecule has 0 fully saturated rings. The summed E-state index contributed by atoms with van der Waals surface area (Å²) in [4.78, 5) is 38.5. The highest BCUT2D eigenvalue weighted by atomic mass is 32.2. The van der Waals surface area contributed by atoms with Crippen LogP contribution in [0.1, 0.15) is 17.3 Å². The number of anilines is 1. The number of rotatable bonds is 7. The van der Waals surface area contributed by atoms with Crippen molar-refractivity contribution in [3.8, 4) is 0 Å². The number of hydrogen-bond donors (Lipinski definition) is 1. The summed E-state index contributed by atoms with van der Waals surface area (Å²) in [7, 11) is 3.31. The Bertz CT molecular complexity index is 873. The Hall–Kier alpha value is -2.87. The lowest BCUT2D eigenvalue weighted by Crippen LogP contribution is -2.30. The maximum Gasteiger partial charge on any atom is 0.340 e. The first-order valence-electron chi connectivity index (χ1n) is 8.47. The van der Waals surface area contributed by atoms with Gasteiger partial charge in [-0.15, -0.1) is 11.8 Å². The summed E-state index contributed by atoms with van der Waals surface area (Å²) in [5, 5.41) is 2.49. The van der Waals surface area contributed by atoms with Crippen LogP contribution >= 0.6 is 11.8 Å². The number of ether oxygens (including phenoxy) is 1. The van der Waals surface area contributed by atoms with Crippen LogP contribution in [0.2, 0.25) is 0 Å². The topological polar surface area (TPSA) is 75.7 Å². The van der Waals surface area contributed by atoms with Gasteiger partial charge in [0.25, 0.3) is 5.91 Å². The van der Waals surface area contributed by atoms with Gasteiger partial charge in [0.2, 0.25) is 5.91 Å². The summed E-state index contributed by atoms with van der Waals surface area (Å²) in [5.74, 6) is -1.65. The van der Waals surface area contributed by atoms with Gasteiger partial charge in [-0.2, -0.15) is 0 Å². The summed E-state index contributed by atoms with van der Waals surface area (Å²) in [6.07, 6.45) is -1.09. The maximum absolute atomic E-state index is 13.2.